The Hall–Kier alpha value is -3.02. The van der Waals surface area contributed by atoms with Gasteiger partial charge in [-0.15, -0.1) is 0 Å². The number of nitrogens with one attached hydrogen (secondary N) is 1. The molecule has 5 nitrogen and oxygen atoms in total. The maximum absolute atomic E-state index is 12.5. The summed E-state index contributed by atoms with van der Waals surface area (Å²) in [6, 6.07) is 19.6. The molecule has 0 radical (unpaired) electrons. The lowest BCUT2D eigenvalue weighted by atomic mass is 10.1. The van der Waals surface area contributed by atoms with Gasteiger partial charge in [-0.05, 0) is 35.9 Å². The molecule has 1 N–H and O–H groups in total. The van der Waals surface area contributed by atoms with Crippen LogP contribution >= 0.6 is 23.2 Å². The number of halogens is 2. The molecule has 0 saturated heterocycles. The largest absolute Gasteiger partial charge is 0.481 e. The lowest BCUT2D eigenvalue weighted by molar-refractivity contribution is -0.121. The molecule has 0 atom stereocenters. The van der Waals surface area contributed by atoms with E-state index in [1.807, 2.05) is 30.3 Å². The zero-order valence-electron chi connectivity index (χ0n) is 15.2. The minimum absolute atomic E-state index is 0.0516. The first-order valence-corrected chi connectivity index (χ1v) is 9.64. The summed E-state index contributed by atoms with van der Waals surface area (Å²) >= 11 is 11.9. The minimum Gasteiger partial charge on any atom is -0.481 e. The van der Waals surface area contributed by atoms with Crippen LogP contribution in [0.25, 0.3) is 0 Å². The molecule has 1 aliphatic rings. The predicted molar refractivity (Wildman–Crippen MR) is 114 cm³/mol. The second-order valence-corrected chi connectivity index (χ2v) is 7.33. The molecule has 0 aliphatic carbocycles. The van der Waals surface area contributed by atoms with Crippen molar-refractivity contribution in [1.29, 1.82) is 0 Å². The van der Waals surface area contributed by atoms with Crippen LogP contribution in [0.5, 0.6) is 5.75 Å². The van der Waals surface area contributed by atoms with Crippen molar-refractivity contribution >= 4 is 46.4 Å². The smallest absolute Gasteiger partial charge is 0.265 e. The fourth-order valence-electron chi connectivity index (χ4n) is 3.06. The van der Waals surface area contributed by atoms with Crippen molar-refractivity contribution in [3.05, 3.63) is 87.9 Å². The summed E-state index contributed by atoms with van der Waals surface area (Å²) in [6.07, 6.45) is 0. The lowest BCUT2D eigenvalue weighted by Gasteiger charge is -2.29. The topological polar surface area (TPSA) is 58.6 Å². The van der Waals surface area contributed by atoms with E-state index < -0.39 is 0 Å². The number of benzene rings is 3. The van der Waals surface area contributed by atoms with Gasteiger partial charge < -0.3 is 15.0 Å². The fraction of sp³-hybridized carbons (Fsp3) is 0.0909. The Morgan fingerprint density at radius 2 is 1.79 bits per heavy atom. The molecule has 0 bridgehead atoms. The third kappa shape index (κ3) is 4.21. The number of carbonyl (C=O) groups excluding carboxylic acids is 2. The highest BCUT2D eigenvalue weighted by Gasteiger charge is 2.26. The summed E-state index contributed by atoms with van der Waals surface area (Å²) in [5, 5.41) is 3.50. The first kappa shape index (κ1) is 19.3. The summed E-state index contributed by atoms with van der Waals surface area (Å²) in [7, 11) is 0. The number of nitrogens with zero attached hydrogens (tertiary/aromatic N) is 1. The SMILES string of the molecule is O=C(Nc1ccc2c(c1)OCC(=O)N2Cc1ccccc1)c1ccc(Cl)c(Cl)c1. The number of fused-ring (bicyclic) bond motifs is 1. The Morgan fingerprint density at radius 3 is 2.55 bits per heavy atom. The summed E-state index contributed by atoms with van der Waals surface area (Å²) in [6.45, 7) is 0.398. The van der Waals surface area contributed by atoms with Gasteiger partial charge in [0.2, 0.25) is 0 Å². The molecule has 0 spiro atoms. The monoisotopic (exact) mass is 426 g/mol. The number of rotatable bonds is 4. The van der Waals surface area contributed by atoms with E-state index in [9.17, 15) is 9.59 Å². The molecule has 7 heteroatoms. The second-order valence-electron chi connectivity index (χ2n) is 6.52. The first-order valence-electron chi connectivity index (χ1n) is 8.89. The van der Waals surface area contributed by atoms with Gasteiger partial charge in [0.15, 0.2) is 6.61 Å². The quantitative estimate of drug-likeness (QED) is 0.625. The minimum atomic E-state index is -0.323. The van der Waals surface area contributed by atoms with Gasteiger partial charge in [-0.1, -0.05) is 53.5 Å². The summed E-state index contributed by atoms with van der Waals surface area (Å²) in [5.41, 5.74) is 2.62. The summed E-state index contributed by atoms with van der Waals surface area (Å²) in [5.74, 6) is 0.0953. The number of amides is 2. The van der Waals surface area contributed by atoms with E-state index in [-0.39, 0.29) is 18.4 Å². The molecular weight excluding hydrogens is 411 g/mol. The molecule has 3 aromatic rings. The van der Waals surface area contributed by atoms with Crippen molar-refractivity contribution in [2.24, 2.45) is 0 Å². The van der Waals surface area contributed by atoms with Crippen LogP contribution in [0.1, 0.15) is 15.9 Å². The van der Waals surface area contributed by atoms with Crippen LogP contribution in [-0.2, 0) is 11.3 Å². The Morgan fingerprint density at radius 1 is 1.00 bits per heavy atom. The highest BCUT2D eigenvalue weighted by Crippen LogP contribution is 2.35. The van der Waals surface area contributed by atoms with Gasteiger partial charge in [0.25, 0.3) is 11.8 Å². The van der Waals surface area contributed by atoms with E-state index in [0.717, 1.165) is 5.56 Å². The van der Waals surface area contributed by atoms with Gasteiger partial charge in [-0.2, -0.15) is 0 Å². The van der Waals surface area contributed by atoms with E-state index in [0.29, 0.717) is 39.3 Å². The molecule has 0 fully saturated rings. The van der Waals surface area contributed by atoms with Crippen LogP contribution in [-0.4, -0.2) is 18.4 Å². The third-order valence-electron chi connectivity index (χ3n) is 4.53. The van der Waals surface area contributed by atoms with Crippen molar-refractivity contribution in [3.63, 3.8) is 0 Å². The van der Waals surface area contributed by atoms with Crippen molar-refractivity contribution < 1.29 is 14.3 Å². The van der Waals surface area contributed by atoms with Crippen LogP contribution in [0.2, 0.25) is 10.0 Å². The maximum atomic E-state index is 12.5. The average Bonchev–Trinajstić information content (AvgIpc) is 2.73. The summed E-state index contributed by atoms with van der Waals surface area (Å²) < 4.78 is 5.59. The Labute approximate surface area is 177 Å². The standard InChI is InChI=1S/C22H16Cl2N2O3/c23-17-8-6-15(10-18(17)24)22(28)25-16-7-9-19-20(11-16)29-13-21(27)26(19)12-14-4-2-1-3-5-14/h1-11H,12-13H2,(H,25,28). The normalized spacial score (nSPS) is 12.9. The number of hydrogen-bond donors (Lipinski definition) is 1. The highest BCUT2D eigenvalue weighted by molar-refractivity contribution is 6.42. The molecule has 2 amide bonds. The van der Waals surface area contributed by atoms with E-state index in [2.05, 4.69) is 5.32 Å². The van der Waals surface area contributed by atoms with E-state index in [1.165, 1.54) is 6.07 Å². The molecule has 1 aliphatic heterocycles. The van der Waals surface area contributed by atoms with E-state index in [1.54, 1.807) is 35.2 Å². The van der Waals surface area contributed by atoms with Gasteiger partial charge in [0, 0.05) is 17.3 Å². The van der Waals surface area contributed by atoms with Crippen molar-refractivity contribution in [1.82, 2.24) is 0 Å². The zero-order valence-corrected chi connectivity index (χ0v) is 16.7. The Kier molecular flexibility index (Phi) is 5.43. The number of carbonyl (C=O) groups is 2. The van der Waals surface area contributed by atoms with Crippen LogP contribution in [0, 0.1) is 0 Å². The Balaban J connectivity index is 1.55. The molecule has 3 aromatic carbocycles. The molecule has 146 valence electrons. The van der Waals surface area contributed by atoms with Crippen molar-refractivity contribution in [2.45, 2.75) is 6.54 Å². The van der Waals surface area contributed by atoms with E-state index in [4.69, 9.17) is 27.9 Å². The number of anilines is 2. The molecule has 4 rings (SSSR count). The maximum Gasteiger partial charge on any atom is 0.265 e. The highest BCUT2D eigenvalue weighted by atomic mass is 35.5. The first-order chi connectivity index (χ1) is 14.0. The summed E-state index contributed by atoms with van der Waals surface area (Å²) in [4.78, 5) is 26.5. The van der Waals surface area contributed by atoms with Crippen LogP contribution in [0.3, 0.4) is 0 Å². The van der Waals surface area contributed by atoms with Crippen LogP contribution in [0.15, 0.2) is 66.7 Å². The molecule has 29 heavy (non-hydrogen) atoms. The van der Waals surface area contributed by atoms with Gasteiger partial charge in [-0.3, -0.25) is 9.59 Å². The predicted octanol–water partition coefficient (Wildman–Crippen LogP) is 5.17. The number of ether oxygens (including phenoxy) is 1. The van der Waals surface area contributed by atoms with Crippen molar-refractivity contribution in [3.8, 4) is 5.75 Å². The third-order valence-corrected chi connectivity index (χ3v) is 5.27. The molecule has 0 aromatic heterocycles. The van der Waals surface area contributed by atoms with Crippen LogP contribution < -0.4 is 15.0 Å². The molecular formula is C22H16Cl2N2O3. The zero-order chi connectivity index (χ0) is 20.4. The average molecular weight is 427 g/mol. The molecule has 1 heterocycles. The number of hydrogen-bond acceptors (Lipinski definition) is 3. The fourth-order valence-corrected chi connectivity index (χ4v) is 3.36. The molecule has 0 saturated carbocycles. The van der Waals surface area contributed by atoms with Gasteiger partial charge >= 0.3 is 0 Å². The van der Waals surface area contributed by atoms with E-state index >= 15 is 0 Å². The van der Waals surface area contributed by atoms with Gasteiger partial charge in [0.1, 0.15) is 5.75 Å². The molecule has 0 unspecified atom stereocenters. The second kappa shape index (κ2) is 8.15. The van der Waals surface area contributed by atoms with Crippen LogP contribution in [0.4, 0.5) is 11.4 Å². The Bertz CT molecular complexity index is 1090. The van der Waals surface area contributed by atoms with Gasteiger partial charge in [0.05, 0.1) is 22.3 Å². The van der Waals surface area contributed by atoms with Gasteiger partial charge in [-0.25, -0.2) is 0 Å². The van der Waals surface area contributed by atoms with Crippen molar-refractivity contribution in [2.75, 3.05) is 16.8 Å². The lowest BCUT2D eigenvalue weighted by Crippen LogP contribution is -2.38.